The van der Waals surface area contributed by atoms with Crippen LogP contribution in [0.5, 0.6) is 0 Å². The van der Waals surface area contributed by atoms with Crippen LogP contribution in [-0.2, 0) is 30.3 Å². The van der Waals surface area contributed by atoms with Crippen LogP contribution in [-0.4, -0.2) is 76.0 Å². The summed E-state index contributed by atoms with van der Waals surface area (Å²) in [6.45, 7) is 7.09. The number of hydrogen-bond donors (Lipinski definition) is 4. The Balaban J connectivity index is 0.00000217. The van der Waals surface area contributed by atoms with Gasteiger partial charge in [0.05, 0.1) is 5.41 Å². The second-order valence-corrected chi connectivity index (χ2v) is 10.5. The molecule has 1 saturated heterocycles. The topological polar surface area (TPSA) is 171 Å². The number of rotatable bonds is 9. The van der Waals surface area contributed by atoms with E-state index in [0.717, 1.165) is 5.56 Å². The molecule has 1 aromatic rings. The largest absolute Gasteiger partial charge is 0.481 e. The predicted molar refractivity (Wildman–Crippen MR) is 133 cm³/mol. The van der Waals surface area contributed by atoms with Gasteiger partial charge in [0.25, 0.3) is 0 Å². The standard InChI is InChI=1S/C24H37BN2O7.CO2/c1-23(2,3)34-22(31)26-19(11-10-17-8-6-5-7-9-17)20(28)27-15-18(12-13-25(32)33)14-24(4,16-27)21(29)30;2-1-3/h5-9,18-19,32-33H,10-16H2,1-4H3,(H,26,31)(H,29,30);/t18-,19-,24-;/m0./s1. The summed E-state index contributed by atoms with van der Waals surface area (Å²) in [5.41, 5.74) is -0.898. The zero-order valence-corrected chi connectivity index (χ0v) is 21.8. The quantitative estimate of drug-likeness (QED) is 0.354. The average Bonchev–Trinajstić information content (AvgIpc) is 2.79. The van der Waals surface area contributed by atoms with Gasteiger partial charge in [-0.05, 0) is 64.8 Å². The summed E-state index contributed by atoms with van der Waals surface area (Å²) in [6.07, 6.45) is 1.19. The lowest BCUT2D eigenvalue weighted by Gasteiger charge is -2.43. The molecule has 1 aliphatic rings. The predicted octanol–water partition coefficient (Wildman–Crippen LogP) is 1.73. The van der Waals surface area contributed by atoms with Gasteiger partial charge in [0.1, 0.15) is 11.6 Å². The molecule has 0 radical (unpaired) electrons. The number of nitrogens with one attached hydrogen (secondary N) is 1. The highest BCUT2D eigenvalue weighted by Gasteiger charge is 2.44. The fourth-order valence-corrected chi connectivity index (χ4v) is 4.35. The van der Waals surface area contributed by atoms with Crippen LogP contribution in [0.25, 0.3) is 0 Å². The second-order valence-electron chi connectivity index (χ2n) is 10.5. The number of likely N-dealkylation sites (tertiary alicyclic amines) is 1. The van der Waals surface area contributed by atoms with Crippen LogP contribution in [0.15, 0.2) is 30.3 Å². The van der Waals surface area contributed by atoms with Crippen LogP contribution in [0, 0.1) is 11.3 Å². The molecule has 3 atom stereocenters. The summed E-state index contributed by atoms with van der Waals surface area (Å²) in [6, 6.07) is 8.68. The van der Waals surface area contributed by atoms with Crippen molar-refractivity contribution in [2.24, 2.45) is 11.3 Å². The molecule has 0 bridgehead atoms. The Morgan fingerprint density at radius 1 is 1.22 bits per heavy atom. The van der Waals surface area contributed by atoms with Crippen molar-refractivity contribution in [1.82, 2.24) is 10.2 Å². The highest BCUT2D eigenvalue weighted by Crippen LogP contribution is 2.36. The van der Waals surface area contributed by atoms with Crippen molar-refractivity contribution in [3.8, 4) is 0 Å². The van der Waals surface area contributed by atoms with Gasteiger partial charge in [-0.1, -0.05) is 36.8 Å². The second kappa shape index (κ2) is 14.5. The molecule has 0 aromatic heterocycles. The molecule has 11 nitrogen and oxygen atoms in total. The number of ether oxygens (including phenoxy) is 1. The number of hydrogen-bond acceptors (Lipinski definition) is 8. The van der Waals surface area contributed by atoms with Gasteiger partial charge in [-0.3, -0.25) is 9.59 Å². The first-order valence-corrected chi connectivity index (χ1v) is 12.1. The van der Waals surface area contributed by atoms with E-state index < -0.39 is 36.2 Å². The van der Waals surface area contributed by atoms with E-state index in [-0.39, 0.29) is 37.4 Å². The summed E-state index contributed by atoms with van der Waals surface area (Å²) in [4.78, 5) is 55.8. The summed E-state index contributed by atoms with van der Waals surface area (Å²) >= 11 is 0. The minimum absolute atomic E-state index is 0.0111. The Labute approximate surface area is 217 Å². The van der Waals surface area contributed by atoms with Gasteiger partial charge in [-0.15, -0.1) is 0 Å². The maximum atomic E-state index is 13.6. The summed E-state index contributed by atoms with van der Waals surface area (Å²) in [5.74, 6) is -1.60. The smallest absolute Gasteiger partial charge is 0.451 e. The number of benzene rings is 1. The van der Waals surface area contributed by atoms with E-state index in [1.54, 1.807) is 27.7 Å². The fraction of sp³-hybridized carbons (Fsp3) is 0.600. The van der Waals surface area contributed by atoms with Crippen LogP contribution in [0.3, 0.4) is 0 Å². The molecule has 37 heavy (non-hydrogen) atoms. The number of carboxylic acid groups (broad SMARTS) is 1. The van der Waals surface area contributed by atoms with E-state index in [4.69, 9.17) is 14.3 Å². The molecule has 2 amide bonds. The highest BCUT2D eigenvalue weighted by molar-refractivity contribution is 6.40. The van der Waals surface area contributed by atoms with Gasteiger partial charge < -0.3 is 30.1 Å². The monoisotopic (exact) mass is 520 g/mol. The van der Waals surface area contributed by atoms with E-state index in [9.17, 15) is 29.5 Å². The van der Waals surface area contributed by atoms with Crippen LogP contribution in [0.4, 0.5) is 4.79 Å². The van der Waals surface area contributed by atoms with Crippen molar-refractivity contribution in [2.75, 3.05) is 13.1 Å². The van der Waals surface area contributed by atoms with E-state index in [1.165, 1.54) is 4.90 Å². The molecule has 0 saturated carbocycles. The number of carboxylic acids is 1. The minimum atomic E-state index is -1.49. The maximum Gasteiger partial charge on any atom is 0.451 e. The van der Waals surface area contributed by atoms with Crippen molar-refractivity contribution in [2.45, 2.75) is 71.3 Å². The molecule has 1 aliphatic heterocycles. The number of carbonyl (C=O) groups excluding carboxylic acids is 4. The number of carbonyl (C=O) groups is 3. The number of aryl methyl sites for hydroxylation is 1. The maximum absolute atomic E-state index is 13.6. The SMILES string of the molecule is CC(C)(C)OC(=O)N[C@@H](CCc1ccccc1)C(=O)N1C[C@@H](CCB(O)O)C[C@](C)(C(=O)O)C1.O=C=O. The molecule has 1 fully saturated rings. The number of aliphatic carboxylic acids is 1. The van der Waals surface area contributed by atoms with Crippen molar-refractivity contribution >= 4 is 31.2 Å². The van der Waals surface area contributed by atoms with Gasteiger partial charge in [0.15, 0.2) is 0 Å². The molecule has 1 aromatic carbocycles. The first kappa shape index (κ1) is 31.8. The molecule has 0 spiro atoms. The number of amides is 2. The van der Waals surface area contributed by atoms with Crippen molar-refractivity contribution < 1.29 is 43.9 Å². The number of alkyl carbamates (subject to hydrolysis) is 1. The molecule has 0 aliphatic carbocycles. The third-order valence-corrected chi connectivity index (χ3v) is 5.97. The Hall–Kier alpha value is -3.21. The van der Waals surface area contributed by atoms with E-state index in [0.29, 0.717) is 25.7 Å². The summed E-state index contributed by atoms with van der Waals surface area (Å²) < 4.78 is 5.35. The van der Waals surface area contributed by atoms with Gasteiger partial charge >= 0.3 is 25.3 Å². The van der Waals surface area contributed by atoms with Crippen LogP contribution in [0.2, 0.25) is 6.32 Å². The Morgan fingerprint density at radius 3 is 2.32 bits per heavy atom. The minimum Gasteiger partial charge on any atom is -0.481 e. The Morgan fingerprint density at radius 2 is 1.81 bits per heavy atom. The number of piperidine rings is 1. The van der Waals surface area contributed by atoms with Gasteiger partial charge in [0.2, 0.25) is 5.91 Å². The molecule has 1 heterocycles. The van der Waals surface area contributed by atoms with Gasteiger partial charge in [-0.2, -0.15) is 9.59 Å². The summed E-state index contributed by atoms with van der Waals surface area (Å²) in [7, 11) is -1.49. The Kier molecular flexibility index (Phi) is 12.5. The first-order valence-electron chi connectivity index (χ1n) is 12.1. The molecular formula is C25H37BN2O9. The molecular weight excluding hydrogens is 483 g/mol. The van der Waals surface area contributed by atoms with E-state index >= 15 is 0 Å². The van der Waals surface area contributed by atoms with Gasteiger partial charge in [-0.25, -0.2) is 4.79 Å². The van der Waals surface area contributed by atoms with Crippen LogP contribution in [0.1, 0.15) is 52.5 Å². The van der Waals surface area contributed by atoms with Crippen molar-refractivity contribution in [3.63, 3.8) is 0 Å². The molecule has 12 heteroatoms. The third kappa shape index (κ3) is 11.6. The zero-order chi connectivity index (χ0) is 28.2. The van der Waals surface area contributed by atoms with E-state index in [2.05, 4.69) is 5.32 Å². The number of nitrogens with zero attached hydrogens (tertiary/aromatic N) is 1. The van der Waals surface area contributed by atoms with Crippen LogP contribution >= 0.6 is 0 Å². The van der Waals surface area contributed by atoms with Crippen LogP contribution < -0.4 is 5.32 Å². The third-order valence-electron chi connectivity index (χ3n) is 5.97. The highest BCUT2D eigenvalue weighted by atomic mass is 16.6. The molecule has 4 N–H and O–H groups in total. The lowest BCUT2D eigenvalue weighted by molar-refractivity contribution is -0.191. The summed E-state index contributed by atoms with van der Waals surface area (Å²) in [5, 5.41) is 31.0. The molecule has 204 valence electrons. The normalized spacial score (nSPS) is 19.9. The first-order chi connectivity index (χ1) is 17.2. The molecule has 2 rings (SSSR count). The zero-order valence-electron chi connectivity index (χ0n) is 21.8. The van der Waals surface area contributed by atoms with Crippen molar-refractivity contribution in [3.05, 3.63) is 35.9 Å². The fourth-order valence-electron chi connectivity index (χ4n) is 4.35. The lowest BCUT2D eigenvalue weighted by atomic mass is 9.72. The molecule has 0 unspecified atom stereocenters. The average molecular weight is 520 g/mol. The van der Waals surface area contributed by atoms with Gasteiger partial charge in [0, 0.05) is 13.1 Å². The Bertz CT molecular complexity index is 930. The lowest BCUT2D eigenvalue weighted by Crippen LogP contribution is -2.57. The van der Waals surface area contributed by atoms with Crippen molar-refractivity contribution in [1.29, 1.82) is 0 Å². The van der Waals surface area contributed by atoms with E-state index in [1.807, 2.05) is 30.3 Å².